The van der Waals surface area contributed by atoms with Crippen LogP contribution in [-0.2, 0) is 11.2 Å². The van der Waals surface area contributed by atoms with Crippen LogP contribution in [0.4, 0.5) is 0 Å². The minimum atomic E-state index is -0.0294. The molecular weight excluding hydrogens is 509 g/mol. The van der Waals surface area contributed by atoms with Crippen molar-refractivity contribution in [3.05, 3.63) is 58.3 Å². The highest BCUT2D eigenvalue weighted by atomic mass is 127. The molecule has 0 bridgehead atoms. The summed E-state index contributed by atoms with van der Waals surface area (Å²) in [4.78, 5) is 20.3. The number of amides is 1. The van der Waals surface area contributed by atoms with E-state index in [1.165, 1.54) is 23.3 Å². The van der Waals surface area contributed by atoms with Crippen LogP contribution in [0.3, 0.4) is 0 Å². The highest BCUT2D eigenvalue weighted by Crippen LogP contribution is 2.27. The standard InChI is InChI=1S/C22H31N5OS.HI/c1-23-22(26-17-21(28)24-12-11-18-8-3-2-4-9-18)25-16-19(20-10-7-15-29-20)27-13-5-6-14-27;/h2-4,7-10,15,19H,5-6,11-14,16-17H2,1H3,(H,24,28)(H2,23,25,26);1H. The Morgan fingerprint density at radius 1 is 1.10 bits per heavy atom. The molecule has 1 aromatic heterocycles. The molecule has 1 aromatic carbocycles. The maximum absolute atomic E-state index is 12.1. The number of carbonyl (C=O) groups is 1. The topological polar surface area (TPSA) is 68.8 Å². The Labute approximate surface area is 200 Å². The highest BCUT2D eigenvalue weighted by molar-refractivity contribution is 14.0. The lowest BCUT2D eigenvalue weighted by Gasteiger charge is -2.27. The Balaban J connectivity index is 0.00000320. The second kappa shape index (κ2) is 13.6. The first-order chi connectivity index (χ1) is 14.3. The molecule has 2 aromatic rings. The number of thiophene rings is 1. The molecule has 1 fully saturated rings. The van der Waals surface area contributed by atoms with Crippen LogP contribution in [0.5, 0.6) is 0 Å². The van der Waals surface area contributed by atoms with Gasteiger partial charge in [-0.05, 0) is 49.4 Å². The normalized spacial score (nSPS) is 15.3. The van der Waals surface area contributed by atoms with Gasteiger partial charge in [0.1, 0.15) is 0 Å². The van der Waals surface area contributed by atoms with Crippen molar-refractivity contribution in [3.63, 3.8) is 0 Å². The summed E-state index contributed by atoms with van der Waals surface area (Å²) in [5, 5.41) is 11.6. The fourth-order valence-corrected chi connectivity index (χ4v) is 4.44. The number of hydrogen-bond acceptors (Lipinski definition) is 4. The van der Waals surface area contributed by atoms with Crippen molar-refractivity contribution < 1.29 is 4.79 Å². The van der Waals surface area contributed by atoms with E-state index in [2.05, 4.69) is 55.5 Å². The van der Waals surface area contributed by atoms with Crippen molar-refractivity contribution in [1.82, 2.24) is 20.9 Å². The van der Waals surface area contributed by atoms with Gasteiger partial charge in [-0.1, -0.05) is 36.4 Å². The summed E-state index contributed by atoms with van der Waals surface area (Å²) < 4.78 is 0. The highest BCUT2D eigenvalue weighted by Gasteiger charge is 2.24. The lowest BCUT2D eigenvalue weighted by atomic mass is 10.1. The number of rotatable bonds is 9. The molecule has 1 aliphatic rings. The van der Waals surface area contributed by atoms with E-state index in [0.29, 0.717) is 18.5 Å². The van der Waals surface area contributed by atoms with Gasteiger partial charge < -0.3 is 16.0 Å². The molecule has 1 unspecified atom stereocenters. The number of nitrogens with zero attached hydrogens (tertiary/aromatic N) is 2. The minimum absolute atomic E-state index is 0. The van der Waals surface area contributed by atoms with E-state index in [0.717, 1.165) is 26.1 Å². The van der Waals surface area contributed by atoms with Crippen LogP contribution in [0.2, 0.25) is 0 Å². The SMILES string of the molecule is CN=C(NCC(=O)NCCc1ccccc1)NCC(c1cccs1)N1CCCC1.I. The fourth-order valence-electron chi connectivity index (χ4n) is 3.58. The van der Waals surface area contributed by atoms with Gasteiger partial charge in [-0.2, -0.15) is 0 Å². The van der Waals surface area contributed by atoms with Gasteiger partial charge in [0, 0.05) is 25.0 Å². The van der Waals surface area contributed by atoms with Crippen molar-refractivity contribution in [1.29, 1.82) is 0 Å². The van der Waals surface area contributed by atoms with Gasteiger partial charge in [-0.25, -0.2) is 0 Å². The number of halogens is 1. The summed E-state index contributed by atoms with van der Waals surface area (Å²) in [6.07, 6.45) is 3.36. The number of carbonyl (C=O) groups excluding carboxylic acids is 1. The first kappa shape index (κ1) is 24.6. The molecule has 3 N–H and O–H groups in total. The van der Waals surface area contributed by atoms with Gasteiger partial charge in [-0.3, -0.25) is 14.7 Å². The smallest absolute Gasteiger partial charge is 0.239 e. The zero-order chi connectivity index (χ0) is 20.3. The van der Waals surface area contributed by atoms with Crippen LogP contribution >= 0.6 is 35.3 Å². The molecule has 1 amide bonds. The third-order valence-electron chi connectivity index (χ3n) is 5.13. The van der Waals surface area contributed by atoms with Crippen LogP contribution in [0, 0.1) is 0 Å². The first-order valence-electron chi connectivity index (χ1n) is 10.3. The molecular formula is C22H32IN5OS. The summed E-state index contributed by atoms with van der Waals surface area (Å²) in [5.41, 5.74) is 1.22. The van der Waals surface area contributed by atoms with Crippen LogP contribution in [-0.4, -0.2) is 56.5 Å². The maximum atomic E-state index is 12.1. The van der Waals surface area contributed by atoms with Crippen molar-refractivity contribution in [2.24, 2.45) is 4.99 Å². The average molecular weight is 542 g/mol. The minimum Gasteiger partial charge on any atom is -0.354 e. The quantitative estimate of drug-likeness (QED) is 0.260. The van der Waals surface area contributed by atoms with Gasteiger partial charge in [0.25, 0.3) is 0 Å². The molecule has 0 saturated carbocycles. The molecule has 30 heavy (non-hydrogen) atoms. The zero-order valence-corrected chi connectivity index (χ0v) is 20.6. The van der Waals surface area contributed by atoms with Crippen LogP contribution in [0.15, 0.2) is 52.8 Å². The number of hydrogen-bond donors (Lipinski definition) is 3. The van der Waals surface area contributed by atoms with E-state index in [-0.39, 0.29) is 36.4 Å². The van der Waals surface area contributed by atoms with Gasteiger partial charge in [0.05, 0.1) is 12.6 Å². The summed E-state index contributed by atoms with van der Waals surface area (Å²) in [7, 11) is 1.73. The molecule has 0 aliphatic carbocycles. The van der Waals surface area contributed by atoms with Gasteiger partial charge in [0.2, 0.25) is 5.91 Å². The van der Waals surface area contributed by atoms with E-state index in [9.17, 15) is 4.79 Å². The van der Waals surface area contributed by atoms with Crippen LogP contribution in [0.1, 0.15) is 29.3 Å². The van der Waals surface area contributed by atoms with E-state index in [4.69, 9.17) is 0 Å². The number of nitrogens with one attached hydrogen (secondary N) is 3. The number of aliphatic imine (C=N–C) groups is 1. The fraction of sp³-hybridized carbons (Fsp3) is 0.455. The number of guanidine groups is 1. The molecule has 1 atom stereocenters. The van der Waals surface area contributed by atoms with E-state index < -0.39 is 0 Å². The van der Waals surface area contributed by atoms with E-state index in [1.807, 2.05) is 18.2 Å². The lowest BCUT2D eigenvalue weighted by Crippen LogP contribution is -2.46. The molecule has 0 spiro atoms. The van der Waals surface area contributed by atoms with Crippen molar-refractivity contribution in [2.45, 2.75) is 25.3 Å². The second-order valence-corrected chi connectivity index (χ2v) is 8.15. The Bertz CT molecular complexity index is 763. The molecule has 1 saturated heterocycles. The lowest BCUT2D eigenvalue weighted by molar-refractivity contribution is -0.119. The predicted molar refractivity (Wildman–Crippen MR) is 136 cm³/mol. The average Bonchev–Trinajstić information content (AvgIpc) is 3.46. The molecule has 3 rings (SSSR count). The van der Waals surface area contributed by atoms with Crippen LogP contribution in [0.25, 0.3) is 0 Å². The van der Waals surface area contributed by atoms with E-state index in [1.54, 1.807) is 18.4 Å². The molecule has 2 heterocycles. The third kappa shape index (κ3) is 7.88. The molecule has 1 aliphatic heterocycles. The Morgan fingerprint density at radius 3 is 2.53 bits per heavy atom. The monoisotopic (exact) mass is 541 g/mol. The van der Waals surface area contributed by atoms with Gasteiger partial charge >= 0.3 is 0 Å². The largest absolute Gasteiger partial charge is 0.354 e. The molecule has 8 heteroatoms. The van der Waals surface area contributed by atoms with Gasteiger partial charge in [0.15, 0.2) is 5.96 Å². The third-order valence-corrected chi connectivity index (χ3v) is 6.11. The molecule has 6 nitrogen and oxygen atoms in total. The summed E-state index contributed by atoms with van der Waals surface area (Å²) in [5.74, 6) is 0.627. The molecule has 0 radical (unpaired) electrons. The Kier molecular flexibility index (Phi) is 11.2. The number of likely N-dealkylation sites (tertiary alicyclic amines) is 1. The van der Waals surface area contributed by atoms with Crippen molar-refractivity contribution in [3.8, 4) is 0 Å². The Hall–Kier alpha value is -1.65. The molecule has 164 valence electrons. The van der Waals surface area contributed by atoms with Gasteiger partial charge in [-0.15, -0.1) is 35.3 Å². The zero-order valence-electron chi connectivity index (χ0n) is 17.5. The summed E-state index contributed by atoms with van der Waals surface area (Å²) in [6, 6.07) is 14.8. The Morgan fingerprint density at radius 2 is 1.87 bits per heavy atom. The number of benzene rings is 1. The summed E-state index contributed by atoms with van der Waals surface area (Å²) in [6.45, 7) is 3.89. The first-order valence-corrected chi connectivity index (χ1v) is 11.2. The summed E-state index contributed by atoms with van der Waals surface area (Å²) >= 11 is 1.80. The van der Waals surface area contributed by atoms with Crippen molar-refractivity contribution in [2.75, 3.05) is 39.8 Å². The van der Waals surface area contributed by atoms with Crippen LogP contribution < -0.4 is 16.0 Å². The van der Waals surface area contributed by atoms with E-state index >= 15 is 0 Å². The predicted octanol–water partition coefficient (Wildman–Crippen LogP) is 3.03. The maximum Gasteiger partial charge on any atom is 0.239 e. The second-order valence-electron chi connectivity index (χ2n) is 7.17. The van der Waals surface area contributed by atoms with Crippen molar-refractivity contribution >= 4 is 47.2 Å².